The summed E-state index contributed by atoms with van der Waals surface area (Å²) in [5.74, 6) is -0.287. The Morgan fingerprint density at radius 2 is 0.780 bits per heavy atom. The summed E-state index contributed by atoms with van der Waals surface area (Å²) in [6.07, 6.45) is 24.1. The number of amides is 1. The number of carbonyl (C=O) groups is 1. The van der Waals surface area contributed by atoms with Crippen LogP contribution in [-0.4, -0.2) is 193 Å². The average molecular weight is 1170 g/mol. The molecule has 3 aliphatic heterocycles. The van der Waals surface area contributed by atoms with Crippen LogP contribution in [0.3, 0.4) is 0 Å². The molecular formula is C63H115NO18. The van der Waals surface area contributed by atoms with Gasteiger partial charge in [0.1, 0.15) is 73.2 Å². The van der Waals surface area contributed by atoms with Gasteiger partial charge in [0, 0.05) is 6.42 Å². The second-order valence-corrected chi connectivity index (χ2v) is 23.2. The standard InChI is InChI=1S/C63H115NO18/c1-3-5-7-9-11-13-15-17-19-21-22-23-25-26-28-30-32-34-36-38-40-47(68)46(64-51(69)41-39-37-35-33-31-29-27-24-20-18-16-14-12-10-8-6-4-2)45-77-61-57(75)54(72)59(49(43-66)79-61)82-63-58(76)55(73)60(50(44-67)80-63)81-62-56(74)53(71)52(70)48(42-65)78-62/h23,25,30,32,38,40,46-50,52-63,65-68,70-76H,3-22,24,26-29,31,33-37,39,41-45H2,1-2H3,(H,64,69)/b25-23+,32-30+,40-38+. The van der Waals surface area contributed by atoms with E-state index < -0.39 is 124 Å². The van der Waals surface area contributed by atoms with Crippen molar-refractivity contribution >= 4 is 5.91 Å². The molecule has 0 aromatic heterocycles. The molecule has 3 saturated heterocycles. The van der Waals surface area contributed by atoms with Crippen molar-refractivity contribution in [3.05, 3.63) is 36.5 Å². The summed E-state index contributed by atoms with van der Waals surface area (Å²) in [4.78, 5) is 13.3. The van der Waals surface area contributed by atoms with Gasteiger partial charge in [-0.3, -0.25) is 4.79 Å². The van der Waals surface area contributed by atoms with Crippen molar-refractivity contribution < 1.29 is 89.4 Å². The van der Waals surface area contributed by atoms with Crippen LogP contribution in [0.4, 0.5) is 0 Å². The van der Waals surface area contributed by atoms with Gasteiger partial charge in [-0.05, 0) is 44.9 Å². The molecule has 82 heavy (non-hydrogen) atoms. The Bertz CT molecular complexity index is 1640. The zero-order valence-electron chi connectivity index (χ0n) is 50.2. The normalized spacial score (nSPS) is 29.8. The van der Waals surface area contributed by atoms with E-state index in [1.54, 1.807) is 6.08 Å². The second-order valence-electron chi connectivity index (χ2n) is 23.2. The highest BCUT2D eigenvalue weighted by molar-refractivity contribution is 5.76. The number of rotatable bonds is 48. The molecule has 480 valence electrons. The largest absolute Gasteiger partial charge is 0.394 e. The monoisotopic (exact) mass is 1170 g/mol. The minimum Gasteiger partial charge on any atom is -0.394 e. The highest BCUT2D eigenvalue weighted by Gasteiger charge is 2.53. The molecule has 3 rings (SSSR count). The van der Waals surface area contributed by atoms with Crippen LogP contribution in [0, 0.1) is 0 Å². The lowest BCUT2D eigenvalue weighted by atomic mass is 9.96. The molecule has 19 nitrogen and oxygen atoms in total. The van der Waals surface area contributed by atoms with Gasteiger partial charge >= 0.3 is 0 Å². The first-order chi connectivity index (χ1) is 39.8. The number of aliphatic hydroxyl groups is 11. The van der Waals surface area contributed by atoms with E-state index in [2.05, 4.69) is 43.5 Å². The molecule has 19 heteroatoms. The number of aliphatic hydroxyl groups excluding tert-OH is 11. The molecule has 17 unspecified atom stereocenters. The Labute approximate surface area is 491 Å². The van der Waals surface area contributed by atoms with Crippen molar-refractivity contribution in [2.24, 2.45) is 0 Å². The van der Waals surface area contributed by atoms with Crippen LogP contribution < -0.4 is 5.32 Å². The van der Waals surface area contributed by atoms with Crippen LogP contribution in [0.2, 0.25) is 0 Å². The first-order valence-electron chi connectivity index (χ1n) is 32.2. The highest BCUT2D eigenvalue weighted by Crippen LogP contribution is 2.33. The minimum atomic E-state index is -1.98. The Morgan fingerprint density at radius 1 is 0.427 bits per heavy atom. The van der Waals surface area contributed by atoms with E-state index in [0.29, 0.717) is 12.8 Å². The predicted molar refractivity (Wildman–Crippen MR) is 314 cm³/mol. The van der Waals surface area contributed by atoms with Crippen molar-refractivity contribution in [1.29, 1.82) is 0 Å². The van der Waals surface area contributed by atoms with Crippen molar-refractivity contribution in [2.45, 2.75) is 330 Å². The molecule has 3 heterocycles. The Balaban J connectivity index is 1.50. The topological polar surface area (TPSA) is 307 Å². The first kappa shape index (κ1) is 74.3. The SMILES string of the molecule is CCCCCCCCCCCC/C=C/CC/C=C/CC/C=C/C(O)C(COC1OC(CO)C(OC2OC(CO)C(OC3OC(CO)C(O)C(O)C3O)C(O)C2O)C(O)C1O)NC(=O)CCCCCCCCCCCCCCCCCCC. The molecule has 3 aliphatic rings. The number of hydrogen-bond acceptors (Lipinski definition) is 18. The maximum atomic E-state index is 13.3. The van der Waals surface area contributed by atoms with Crippen LogP contribution >= 0.6 is 0 Å². The molecule has 3 fully saturated rings. The zero-order chi connectivity index (χ0) is 59.7. The maximum Gasteiger partial charge on any atom is 0.220 e. The van der Waals surface area contributed by atoms with Gasteiger partial charge in [-0.25, -0.2) is 0 Å². The molecule has 1 amide bonds. The van der Waals surface area contributed by atoms with Crippen molar-refractivity contribution in [2.75, 3.05) is 26.4 Å². The molecule has 0 aliphatic carbocycles. The van der Waals surface area contributed by atoms with Gasteiger partial charge in [0.05, 0.1) is 38.6 Å². The summed E-state index contributed by atoms with van der Waals surface area (Å²) in [7, 11) is 0. The molecule has 0 saturated carbocycles. The molecule has 12 N–H and O–H groups in total. The molecule has 17 atom stereocenters. The van der Waals surface area contributed by atoms with E-state index >= 15 is 0 Å². The third kappa shape index (κ3) is 29.1. The fourth-order valence-electron chi connectivity index (χ4n) is 10.9. The van der Waals surface area contributed by atoms with Crippen molar-refractivity contribution in [1.82, 2.24) is 5.32 Å². The lowest BCUT2D eigenvalue weighted by Gasteiger charge is -2.48. The Kier molecular flexibility index (Phi) is 41.8. The Morgan fingerprint density at radius 3 is 1.22 bits per heavy atom. The minimum absolute atomic E-state index is 0.235. The number of hydrogen-bond donors (Lipinski definition) is 12. The third-order valence-electron chi connectivity index (χ3n) is 16.2. The lowest BCUT2D eigenvalue weighted by molar-refractivity contribution is -0.379. The molecule has 0 aromatic rings. The van der Waals surface area contributed by atoms with Gasteiger partial charge in [-0.1, -0.05) is 211 Å². The van der Waals surface area contributed by atoms with E-state index in [0.717, 1.165) is 44.9 Å². The third-order valence-corrected chi connectivity index (χ3v) is 16.2. The van der Waals surface area contributed by atoms with Crippen molar-refractivity contribution in [3.63, 3.8) is 0 Å². The quantitative estimate of drug-likeness (QED) is 0.0218. The van der Waals surface area contributed by atoms with E-state index in [-0.39, 0.29) is 18.9 Å². The molecule has 0 bridgehead atoms. The Hall–Kier alpha value is -1.99. The molecule has 0 radical (unpaired) electrons. The van der Waals surface area contributed by atoms with E-state index in [1.165, 1.54) is 148 Å². The lowest BCUT2D eigenvalue weighted by Crippen LogP contribution is -2.66. The van der Waals surface area contributed by atoms with Crippen LogP contribution in [0.25, 0.3) is 0 Å². The van der Waals surface area contributed by atoms with Gasteiger partial charge in [0.15, 0.2) is 18.9 Å². The molecule has 0 spiro atoms. The van der Waals surface area contributed by atoms with Gasteiger partial charge in [0.25, 0.3) is 0 Å². The summed E-state index contributed by atoms with van der Waals surface area (Å²) in [6, 6.07) is -0.993. The van der Waals surface area contributed by atoms with E-state index in [1.807, 2.05) is 6.08 Å². The van der Waals surface area contributed by atoms with Crippen LogP contribution in [0.15, 0.2) is 36.5 Å². The average Bonchev–Trinajstić information content (AvgIpc) is 3.17. The number of unbranched alkanes of at least 4 members (excludes halogenated alkanes) is 28. The summed E-state index contributed by atoms with van der Waals surface area (Å²) < 4.78 is 34.3. The highest BCUT2D eigenvalue weighted by atomic mass is 16.8. The number of allylic oxidation sites excluding steroid dienone is 5. The molecular weight excluding hydrogens is 1060 g/mol. The van der Waals surface area contributed by atoms with Crippen molar-refractivity contribution in [3.8, 4) is 0 Å². The number of carbonyl (C=O) groups excluding carboxylic acids is 1. The summed E-state index contributed by atoms with van der Waals surface area (Å²) in [6.45, 7) is 1.71. The van der Waals surface area contributed by atoms with Gasteiger partial charge in [-0.15, -0.1) is 0 Å². The van der Waals surface area contributed by atoms with Crippen LogP contribution in [0.5, 0.6) is 0 Å². The van der Waals surface area contributed by atoms with E-state index in [9.17, 15) is 61.0 Å². The van der Waals surface area contributed by atoms with Crippen LogP contribution in [0.1, 0.15) is 226 Å². The summed E-state index contributed by atoms with van der Waals surface area (Å²) in [5.41, 5.74) is 0. The van der Waals surface area contributed by atoms with Gasteiger partial charge in [0.2, 0.25) is 5.91 Å². The first-order valence-corrected chi connectivity index (χ1v) is 32.2. The fourth-order valence-corrected chi connectivity index (χ4v) is 10.9. The second kappa shape index (κ2) is 46.2. The maximum absolute atomic E-state index is 13.3. The fraction of sp³-hybridized carbons (Fsp3) is 0.889. The zero-order valence-corrected chi connectivity index (χ0v) is 50.2. The number of nitrogens with one attached hydrogen (secondary N) is 1. The number of ether oxygens (including phenoxy) is 6. The summed E-state index contributed by atoms with van der Waals surface area (Å²) >= 11 is 0. The smallest absolute Gasteiger partial charge is 0.220 e. The van der Waals surface area contributed by atoms with E-state index in [4.69, 9.17) is 28.4 Å². The molecule has 0 aromatic carbocycles. The predicted octanol–water partition coefficient (Wildman–Crippen LogP) is 6.88. The van der Waals surface area contributed by atoms with Crippen LogP contribution in [-0.2, 0) is 33.2 Å². The van der Waals surface area contributed by atoms with Gasteiger partial charge < -0.3 is 89.9 Å². The summed E-state index contributed by atoms with van der Waals surface area (Å²) in [5, 5.41) is 120. The van der Waals surface area contributed by atoms with Gasteiger partial charge in [-0.2, -0.15) is 0 Å².